The van der Waals surface area contributed by atoms with Crippen LogP contribution in [0.1, 0.15) is 30.9 Å². The Morgan fingerprint density at radius 1 is 1.08 bits per heavy atom. The van der Waals surface area contributed by atoms with Crippen LogP contribution in [0.3, 0.4) is 0 Å². The van der Waals surface area contributed by atoms with Crippen LogP contribution in [0.15, 0.2) is 42.9 Å². The quantitative estimate of drug-likeness (QED) is 0.672. The summed E-state index contributed by atoms with van der Waals surface area (Å²) in [4.78, 5) is 8.72. The van der Waals surface area contributed by atoms with Crippen LogP contribution in [0.25, 0.3) is 22.5 Å². The molecule has 122 valence electrons. The first-order valence-electron chi connectivity index (χ1n) is 7.57. The summed E-state index contributed by atoms with van der Waals surface area (Å²) in [6.07, 6.45) is 4.96. The molecule has 0 radical (unpaired) electrons. The van der Waals surface area contributed by atoms with E-state index in [-0.39, 0.29) is 5.56 Å². The lowest BCUT2D eigenvalue weighted by molar-refractivity contribution is 0.151. The van der Waals surface area contributed by atoms with Crippen molar-refractivity contribution in [3.8, 4) is 22.5 Å². The second-order valence-electron chi connectivity index (χ2n) is 5.76. The number of hydrogen-bond donors (Lipinski definition) is 0. The van der Waals surface area contributed by atoms with Crippen LogP contribution in [0.2, 0.25) is 5.15 Å². The molecule has 1 fully saturated rings. The largest absolute Gasteiger partial charge is 0.269 e. The summed E-state index contributed by atoms with van der Waals surface area (Å²) in [6, 6.07) is 6.46. The first-order valence-corrected chi connectivity index (χ1v) is 7.95. The number of nitrogens with zero attached hydrogens (tertiary/aromatic N) is 4. The minimum Gasteiger partial charge on any atom is -0.269 e. The molecule has 0 aliphatic heterocycles. The van der Waals surface area contributed by atoms with E-state index in [0.717, 1.165) is 18.4 Å². The topological polar surface area (TPSA) is 43.6 Å². The van der Waals surface area contributed by atoms with Crippen LogP contribution in [0.4, 0.5) is 8.78 Å². The summed E-state index contributed by atoms with van der Waals surface area (Å²) in [5.74, 6) is 0. The molecule has 4 rings (SSSR count). The number of benzene rings is 1. The van der Waals surface area contributed by atoms with E-state index < -0.39 is 6.43 Å². The molecule has 0 amide bonds. The Bertz CT molecular complexity index is 873. The van der Waals surface area contributed by atoms with Crippen LogP contribution >= 0.6 is 11.6 Å². The standard InChI is InChI=1S/C17H13ClF2N4/c18-16-15(12-7-22-24(9-12)13-5-6-13)23-14(8-21-16)10-1-3-11(4-2-10)17(19)20/h1-4,7-9,13,17H,5-6H2. The Labute approximate surface area is 142 Å². The maximum Gasteiger partial charge on any atom is 0.263 e. The predicted molar refractivity (Wildman–Crippen MR) is 86.9 cm³/mol. The molecule has 0 N–H and O–H groups in total. The zero-order valence-electron chi connectivity index (χ0n) is 12.5. The molecule has 1 saturated carbocycles. The van der Waals surface area contributed by atoms with Crippen molar-refractivity contribution in [2.75, 3.05) is 0 Å². The fourth-order valence-corrected chi connectivity index (χ4v) is 2.70. The SMILES string of the molecule is FC(F)c1ccc(-c2cnc(Cl)c(-c3cnn(C4CC4)c3)n2)cc1. The highest BCUT2D eigenvalue weighted by Crippen LogP contribution is 2.36. The van der Waals surface area contributed by atoms with Gasteiger partial charge in [0.15, 0.2) is 5.15 Å². The smallest absolute Gasteiger partial charge is 0.263 e. The predicted octanol–water partition coefficient (Wildman–Crippen LogP) is 4.93. The number of alkyl halides is 2. The second-order valence-corrected chi connectivity index (χ2v) is 6.12. The van der Waals surface area contributed by atoms with Crippen molar-refractivity contribution in [3.05, 3.63) is 53.6 Å². The van der Waals surface area contributed by atoms with Crippen LogP contribution in [-0.2, 0) is 0 Å². The van der Waals surface area contributed by atoms with E-state index in [2.05, 4.69) is 15.1 Å². The van der Waals surface area contributed by atoms with Crippen molar-refractivity contribution in [3.63, 3.8) is 0 Å². The first kappa shape index (κ1) is 15.2. The van der Waals surface area contributed by atoms with Crippen molar-refractivity contribution < 1.29 is 8.78 Å². The monoisotopic (exact) mass is 346 g/mol. The van der Waals surface area contributed by atoms with E-state index >= 15 is 0 Å². The molecule has 3 aromatic rings. The van der Waals surface area contributed by atoms with Crippen molar-refractivity contribution >= 4 is 11.6 Å². The Morgan fingerprint density at radius 3 is 2.50 bits per heavy atom. The Morgan fingerprint density at radius 2 is 1.83 bits per heavy atom. The molecular formula is C17H13ClF2N4. The molecule has 4 nitrogen and oxygen atoms in total. The van der Waals surface area contributed by atoms with Gasteiger partial charge in [0.25, 0.3) is 6.43 Å². The second kappa shape index (κ2) is 5.94. The summed E-state index contributed by atoms with van der Waals surface area (Å²) in [7, 11) is 0. The summed E-state index contributed by atoms with van der Waals surface area (Å²) in [6.45, 7) is 0. The molecule has 0 unspecified atom stereocenters. The van der Waals surface area contributed by atoms with Gasteiger partial charge in [0, 0.05) is 22.9 Å². The van der Waals surface area contributed by atoms with Gasteiger partial charge in [0.05, 0.1) is 24.1 Å². The van der Waals surface area contributed by atoms with Crippen LogP contribution in [0.5, 0.6) is 0 Å². The average Bonchev–Trinajstić information content (AvgIpc) is 3.33. The van der Waals surface area contributed by atoms with Gasteiger partial charge in [-0.1, -0.05) is 35.9 Å². The number of rotatable bonds is 4. The van der Waals surface area contributed by atoms with Crippen molar-refractivity contribution in [2.45, 2.75) is 25.3 Å². The Balaban J connectivity index is 1.69. The van der Waals surface area contributed by atoms with Gasteiger partial charge >= 0.3 is 0 Å². The van der Waals surface area contributed by atoms with E-state index in [9.17, 15) is 8.78 Å². The molecule has 1 aromatic carbocycles. The highest BCUT2D eigenvalue weighted by atomic mass is 35.5. The van der Waals surface area contributed by atoms with Crippen LogP contribution < -0.4 is 0 Å². The third-order valence-corrected chi connectivity index (χ3v) is 4.26. The van der Waals surface area contributed by atoms with E-state index in [1.807, 2.05) is 10.9 Å². The molecule has 1 aliphatic carbocycles. The summed E-state index contributed by atoms with van der Waals surface area (Å²) >= 11 is 6.18. The van der Waals surface area contributed by atoms with Gasteiger partial charge in [-0.2, -0.15) is 5.10 Å². The van der Waals surface area contributed by atoms with Gasteiger partial charge in [0.1, 0.15) is 5.69 Å². The normalized spacial score (nSPS) is 14.3. The van der Waals surface area contributed by atoms with Gasteiger partial charge in [-0.15, -0.1) is 0 Å². The molecule has 0 spiro atoms. The van der Waals surface area contributed by atoms with Gasteiger partial charge in [-0.05, 0) is 12.8 Å². The molecule has 0 atom stereocenters. The Kier molecular flexibility index (Phi) is 3.76. The van der Waals surface area contributed by atoms with Crippen molar-refractivity contribution in [2.24, 2.45) is 0 Å². The Hall–Kier alpha value is -2.34. The lowest BCUT2D eigenvalue weighted by Gasteiger charge is -2.06. The van der Waals surface area contributed by atoms with Gasteiger partial charge in [0.2, 0.25) is 0 Å². The lowest BCUT2D eigenvalue weighted by atomic mass is 10.1. The fourth-order valence-electron chi connectivity index (χ4n) is 2.50. The van der Waals surface area contributed by atoms with E-state index in [0.29, 0.717) is 28.1 Å². The van der Waals surface area contributed by atoms with Crippen LogP contribution in [-0.4, -0.2) is 19.7 Å². The number of halogens is 3. The highest BCUT2D eigenvalue weighted by Gasteiger charge is 2.25. The maximum absolute atomic E-state index is 12.7. The van der Waals surface area contributed by atoms with Crippen LogP contribution in [0, 0.1) is 0 Å². The van der Waals surface area contributed by atoms with E-state index in [1.54, 1.807) is 18.3 Å². The first-order chi connectivity index (χ1) is 11.6. The molecule has 7 heteroatoms. The highest BCUT2D eigenvalue weighted by molar-refractivity contribution is 6.31. The van der Waals surface area contributed by atoms with Gasteiger partial charge in [-0.25, -0.2) is 18.7 Å². The summed E-state index contributed by atoms with van der Waals surface area (Å²) in [5.41, 5.74) is 2.60. The summed E-state index contributed by atoms with van der Waals surface area (Å²) < 4.78 is 27.2. The number of aromatic nitrogens is 4. The lowest BCUT2D eigenvalue weighted by Crippen LogP contribution is -1.93. The van der Waals surface area contributed by atoms with Crippen molar-refractivity contribution in [1.82, 2.24) is 19.7 Å². The van der Waals surface area contributed by atoms with Gasteiger partial charge < -0.3 is 0 Å². The zero-order chi connectivity index (χ0) is 16.7. The molecule has 0 bridgehead atoms. The average molecular weight is 347 g/mol. The summed E-state index contributed by atoms with van der Waals surface area (Å²) in [5, 5.41) is 4.63. The van der Waals surface area contributed by atoms with Crippen molar-refractivity contribution in [1.29, 1.82) is 0 Å². The molecule has 1 aliphatic rings. The minimum absolute atomic E-state index is 0.0217. The van der Waals surface area contributed by atoms with E-state index in [4.69, 9.17) is 11.6 Å². The third kappa shape index (κ3) is 2.89. The maximum atomic E-state index is 12.7. The molecule has 2 aromatic heterocycles. The molecule has 2 heterocycles. The van der Waals surface area contributed by atoms with E-state index in [1.165, 1.54) is 18.3 Å². The fraction of sp³-hybridized carbons (Fsp3) is 0.235. The zero-order valence-corrected chi connectivity index (χ0v) is 13.3. The molecular weight excluding hydrogens is 334 g/mol. The third-order valence-electron chi connectivity index (χ3n) is 3.98. The number of hydrogen-bond acceptors (Lipinski definition) is 3. The molecule has 0 saturated heterocycles. The molecule has 24 heavy (non-hydrogen) atoms. The minimum atomic E-state index is -2.49. The van der Waals surface area contributed by atoms with Gasteiger partial charge in [-0.3, -0.25) is 4.68 Å².